The monoisotopic (exact) mass is 314 g/mol. The number of hydrogen-bond donors (Lipinski definition) is 1. The van der Waals surface area contributed by atoms with E-state index in [1.165, 1.54) is 16.6 Å². The Morgan fingerprint density at radius 3 is 2.63 bits per heavy atom. The second-order valence-corrected chi connectivity index (χ2v) is 6.51. The molecule has 2 rings (SSSR count). The maximum absolute atomic E-state index is 5.98. The molecule has 0 fully saturated rings. The number of nitrogens with one attached hydrogen (secondary N) is 1. The highest BCUT2D eigenvalue weighted by Crippen LogP contribution is 2.28. The van der Waals surface area contributed by atoms with Crippen LogP contribution in [0.15, 0.2) is 11.2 Å². The molecule has 4 nitrogen and oxygen atoms in total. The Balaban J connectivity index is 2.21. The van der Waals surface area contributed by atoms with Gasteiger partial charge < -0.3 is 5.32 Å². The standard InChI is InChI=1S/C12H15ClN4S2/c1-6-11(19-8(3)14-6)7(2)15-10-5-9(13)16-12(17-10)18-4/h5,7H,1-4H3,(H,15,16,17). The topological polar surface area (TPSA) is 50.7 Å². The number of halogens is 1. The Kier molecular flexibility index (Phi) is 4.65. The summed E-state index contributed by atoms with van der Waals surface area (Å²) in [5.74, 6) is 0.738. The smallest absolute Gasteiger partial charge is 0.190 e. The first kappa shape index (κ1) is 14.6. The zero-order valence-corrected chi connectivity index (χ0v) is 13.6. The van der Waals surface area contributed by atoms with E-state index in [1.807, 2.05) is 20.1 Å². The van der Waals surface area contributed by atoms with Crippen LogP contribution in [0.4, 0.5) is 5.82 Å². The highest BCUT2D eigenvalue weighted by molar-refractivity contribution is 7.98. The Labute approximate surface area is 126 Å². The normalized spacial score (nSPS) is 12.5. The molecule has 2 aromatic rings. The van der Waals surface area contributed by atoms with Gasteiger partial charge in [0.2, 0.25) is 0 Å². The van der Waals surface area contributed by atoms with Crippen molar-refractivity contribution >= 4 is 40.5 Å². The third-order valence-corrected chi connectivity index (χ3v) is 4.55. The summed E-state index contributed by atoms with van der Waals surface area (Å²) in [4.78, 5) is 14.2. The second-order valence-electron chi connectivity index (χ2n) is 4.11. The number of nitrogens with zero attached hydrogens (tertiary/aromatic N) is 3. The molecule has 0 aliphatic heterocycles. The summed E-state index contributed by atoms with van der Waals surface area (Å²) >= 11 is 9.15. The van der Waals surface area contributed by atoms with Crippen LogP contribution in [0.1, 0.15) is 28.5 Å². The maximum atomic E-state index is 5.98. The molecule has 0 aromatic carbocycles. The number of hydrogen-bond acceptors (Lipinski definition) is 6. The highest BCUT2D eigenvalue weighted by atomic mass is 35.5. The highest BCUT2D eigenvalue weighted by Gasteiger charge is 2.14. The van der Waals surface area contributed by atoms with Crippen LogP contribution >= 0.6 is 34.7 Å². The average molecular weight is 315 g/mol. The van der Waals surface area contributed by atoms with Crippen molar-refractivity contribution in [3.63, 3.8) is 0 Å². The maximum Gasteiger partial charge on any atom is 0.190 e. The summed E-state index contributed by atoms with van der Waals surface area (Å²) in [7, 11) is 0. The third kappa shape index (κ3) is 3.58. The summed E-state index contributed by atoms with van der Waals surface area (Å²) < 4.78 is 0. The number of thiazole rings is 1. The van der Waals surface area contributed by atoms with Gasteiger partial charge in [0, 0.05) is 10.9 Å². The van der Waals surface area contributed by atoms with E-state index in [0.717, 1.165) is 16.5 Å². The van der Waals surface area contributed by atoms with Crippen molar-refractivity contribution in [1.82, 2.24) is 15.0 Å². The van der Waals surface area contributed by atoms with E-state index in [0.29, 0.717) is 10.3 Å². The van der Waals surface area contributed by atoms with Gasteiger partial charge in [0.05, 0.1) is 16.7 Å². The lowest BCUT2D eigenvalue weighted by molar-refractivity contribution is 0.860. The van der Waals surface area contributed by atoms with Gasteiger partial charge in [-0.25, -0.2) is 15.0 Å². The molecule has 1 unspecified atom stereocenters. The van der Waals surface area contributed by atoms with Crippen LogP contribution in [0, 0.1) is 13.8 Å². The molecule has 2 aromatic heterocycles. The Morgan fingerprint density at radius 2 is 2.05 bits per heavy atom. The van der Waals surface area contributed by atoms with E-state index in [2.05, 4.69) is 27.2 Å². The molecule has 7 heteroatoms. The Morgan fingerprint density at radius 1 is 1.32 bits per heavy atom. The molecule has 0 bridgehead atoms. The molecule has 1 N–H and O–H groups in total. The zero-order chi connectivity index (χ0) is 14.0. The van der Waals surface area contributed by atoms with Gasteiger partial charge in [-0.3, -0.25) is 0 Å². The molecular weight excluding hydrogens is 300 g/mol. The van der Waals surface area contributed by atoms with Gasteiger partial charge in [-0.05, 0) is 27.0 Å². The van der Waals surface area contributed by atoms with Crippen LogP contribution in [-0.2, 0) is 0 Å². The quantitative estimate of drug-likeness (QED) is 0.523. The zero-order valence-electron chi connectivity index (χ0n) is 11.2. The van der Waals surface area contributed by atoms with Gasteiger partial charge in [-0.15, -0.1) is 11.3 Å². The summed E-state index contributed by atoms with van der Waals surface area (Å²) in [5.41, 5.74) is 1.06. The molecule has 0 saturated carbocycles. The lowest BCUT2D eigenvalue weighted by Gasteiger charge is -2.14. The molecule has 0 aliphatic carbocycles. The van der Waals surface area contributed by atoms with Gasteiger partial charge in [0.1, 0.15) is 11.0 Å². The van der Waals surface area contributed by atoms with Crippen LogP contribution < -0.4 is 5.32 Å². The van der Waals surface area contributed by atoms with Crippen molar-refractivity contribution < 1.29 is 0 Å². The van der Waals surface area contributed by atoms with Gasteiger partial charge in [-0.1, -0.05) is 23.4 Å². The number of anilines is 1. The van der Waals surface area contributed by atoms with E-state index >= 15 is 0 Å². The van der Waals surface area contributed by atoms with Crippen LogP contribution in [-0.4, -0.2) is 21.2 Å². The fourth-order valence-corrected chi connectivity index (χ4v) is 3.34. The van der Waals surface area contributed by atoms with Crippen molar-refractivity contribution in [3.05, 3.63) is 26.8 Å². The number of aromatic nitrogens is 3. The first-order valence-electron chi connectivity index (χ1n) is 5.78. The first-order valence-corrected chi connectivity index (χ1v) is 8.20. The molecule has 2 heterocycles. The van der Waals surface area contributed by atoms with Crippen molar-refractivity contribution in [3.8, 4) is 0 Å². The molecule has 0 saturated heterocycles. The number of thioether (sulfide) groups is 1. The summed E-state index contributed by atoms with van der Waals surface area (Å²) in [6.45, 7) is 6.13. The van der Waals surface area contributed by atoms with Crippen LogP contribution in [0.3, 0.4) is 0 Å². The van der Waals surface area contributed by atoms with Crippen molar-refractivity contribution in [2.45, 2.75) is 32.0 Å². The Hall–Kier alpha value is -0.850. The lowest BCUT2D eigenvalue weighted by atomic mass is 10.2. The predicted molar refractivity (Wildman–Crippen MR) is 82.4 cm³/mol. The van der Waals surface area contributed by atoms with E-state index in [4.69, 9.17) is 11.6 Å². The molecule has 0 radical (unpaired) electrons. The molecule has 0 aliphatic rings. The third-order valence-electron chi connectivity index (χ3n) is 2.55. The first-order chi connectivity index (χ1) is 8.99. The minimum absolute atomic E-state index is 0.145. The van der Waals surface area contributed by atoms with E-state index in [1.54, 1.807) is 17.4 Å². The van der Waals surface area contributed by atoms with Gasteiger partial charge in [0.25, 0.3) is 0 Å². The average Bonchev–Trinajstić information content (AvgIpc) is 2.67. The molecular formula is C12H15ClN4S2. The van der Waals surface area contributed by atoms with E-state index in [9.17, 15) is 0 Å². The van der Waals surface area contributed by atoms with Crippen LogP contribution in [0.25, 0.3) is 0 Å². The van der Waals surface area contributed by atoms with Crippen molar-refractivity contribution in [1.29, 1.82) is 0 Å². The minimum atomic E-state index is 0.145. The largest absolute Gasteiger partial charge is 0.362 e. The number of rotatable bonds is 4. The van der Waals surface area contributed by atoms with E-state index < -0.39 is 0 Å². The summed E-state index contributed by atoms with van der Waals surface area (Å²) in [6.07, 6.45) is 1.93. The summed E-state index contributed by atoms with van der Waals surface area (Å²) in [6, 6.07) is 1.88. The van der Waals surface area contributed by atoms with E-state index in [-0.39, 0.29) is 6.04 Å². The fourth-order valence-electron chi connectivity index (χ4n) is 1.80. The SMILES string of the molecule is CSc1nc(Cl)cc(NC(C)c2sc(C)nc2C)n1. The number of aryl methyl sites for hydroxylation is 2. The van der Waals surface area contributed by atoms with Gasteiger partial charge in [0.15, 0.2) is 5.16 Å². The Bertz CT molecular complexity index is 585. The molecule has 19 heavy (non-hydrogen) atoms. The van der Waals surface area contributed by atoms with Gasteiger partial charge >= 0.3 is 0 Å². The van der Waals surface area contributed by atoms with Crippen molar-refractivity contribution in [2.24, 2.45) is 0 Å². The van der Waals surface area contributed by atoms with Crippen LogP contribution in [0.2, 0.25) is 5.15 Å². The molecule has 0 spiro atoms. The van der Waals surface area contributed by atoms with Crippen LogP contribution in [0.5, 0.6) is 0 Å². The molecule has 102 valence electrons. The molecule has 0 amide bonds. The summed E-state index contributed by atoms with van der Waals surface area (Å²) in [5, 5.41) is 5.54. The molecule has 1 atom stereocenters. The van der Waals surface area contributed by atoms with Crippen molar-refractivity contribution in [2.75, 3.05) is 11.6 Å². The predicted octanol–water partition coefficient (Wildman–Crippen LogP) is 4.10. The minimum Gasteiger partial charge on any atom is -0.362 e. The lowest BCUT2D eigenvalue weighted by Crippen LogP contribution is -2.08. The fraction of sp³-hybridized carbons (Fsp3) is 0.417. The van der Waals surface area contributed by atoms with Gasteiger partial charge in [-0.2, -0.15) is 0 Å². The second kappa shape index (κ2) is 6.07.